The lowest BCUT2D eigenvalue weighted by Gasteiger charge is -2.28. The summed E-state index contributed by atoms with van der Waals surface area (Å²) in [4.78, 5) is 44.9. The fourth-order valence-corrected chi connectivity index (χ4v) is 4.22. The summed E-state index contributed by atoms with van der Waals surface area (Å²) in [6, 6.07) is 5.50. The molecule has 0 aliphatic heterocycles. The fraction of sp³-hybridized carbons (Fsp3) is 0.391. The predicted molar refractivity (Wildman–Crippen MR) is 124 cm³/mol. The van der Waals surface area contributed by atoms with E-state index in [-0.39, 0.29) is 41.5 Å². The van der Waals surface area contributed by atoms with Gasteiger partial charge in [0.2, 0.25) is 0 Å². The van der Waals surface area contributed by atoms with E-state index in [9.17, 15) is 18.8 Å². The largest absolute Gasteiger partial charge is 0.352 e. The van der Waals surface area contributed by atoms with Crippen molar-refractivity contribution in [2.45, 2.75) is 45.2 Å². The fourth-order valence-electron chi connectivity index (χ4n) is 4.22. The van der Waals surface area contributed by atoms with Crippen molar-refractivity contribution in [3.8, 4) is 0 Å². The van der Waals surface area contributed by atoms with Crippen LogP contribution in [0.2, 0.25) is 0 Å². The van der Waals surface area contributed by atoms with Crippen LogP contribution in [-0.2, 0) is 6.54 Å². The summed E-state index contributed by atoms with van der Waals surface area (Å²) in [7, 11) is 0. The number of carbonyl (C=O) groups excluding carboxylic acids is 3. The van der Waals surface area contributed by atoms with E-state index in [1.807, 2.05) is 0 Å². The van der Waals surface area contributed by atoms with Crippen LogP contribution in [0.3, 0.4) is 0 Å². The number of nitrogens with one attached hydrogen (secondary N) is 3. The van der Waals surface area contributed by atoms with E-state index < -0.39 is 17.8 Å². The molecule has 0 spiro atoms. The summed E-state index contributed by atoms with van der Waals surface area (Å²) < 4.78 is 14.8. The Balaban J connectivity index is 1.40. The molecule has 2 heterocycles. The maximum absolute atomic E-state index is 13.5. The molecular weight excluding hydrogens is 455 g/mol. The predicted octanol–water partition coefficient (Wildman–Crippen LogP) is 1.46. The molecule has 4 amide bonds. The molecular formula is C23H27FN8O3. The lowest BCUT2D eigenvalue weighted by molar-refractivity contribution is 0.0935. The molecule has 0 saturated heterocycles. The zero-order valence-corrected chi connectivity index (χ0v) is 19.3. The van der Waals surface area contributed by atoms with Crippen LogP contribution >= 0.6 is 0 Å². The van der Waals surface area contributed by atoms with Crippen LogP contribution in [0.4, 0.5) is 9.18 Å². The summed E-state index contributed by atoms with van der Waals surface area (Å²) in [5.74, 6) is -0.821. The Labute approximate surface area is 200 Å². The Hall–Kier alpha value is -4.09. The smallest absolute Gasteiger partial charge is 0.312 e. The first kappa shape index (κ1) is 24.0. The van der Waals surface area contributed by atoms with Gasteiger partial charge in [-0.05, 0) is 55.7 Å². The van der Waals surface area contributed by atoms with Crippen LogP contribution in [0.1, 0.15) is 57.8 Å². The summed E-state index contributed by atoms with van der Waals surface area (Å²) >= 11 is 0. The number of primary amides is 1. The summed E-state index contributed by atoms with van der Waals surface area (Å²) in [6.45, 7) is 2.27. The number of halogens is 1. The van der Waals surface area contributed by atoms with E-state index in [4.69, 9.17) is 5.73 Å². The van der Waals surface area contributed by atoms with Gasteiger partial charge in [0.05, 0.1) is 0 Å². The number of urea groups is 1. The topological polar surface area (TPSA) is 156 Å². The first-order valence-electron chi connectivity index (χ1n) is 11.4. The maximum atomic E-state index is 13.5. The average molecular weight is 483 g/mol. The Morgan fingerprint density at radius 3 is 2.60 bits per heavy atom. The van der Waals surface area contributed by atoms with Gasteiger partial charge in [0.1, 0.15) is 23.5 Å². The maximum Gasteiger partial charge on any atom is 0.312 e. The molecule has 2 aromatic heterocycles. The van der Waals surface area contributed by atoms with Crippen LogP contribution in [0.25, 0.3) is 5.78 Å². The van der Waals surface area contributed by atoms with Crippen LogP contribution in [0.5, 0.6) is 0 Å². The zero-order chi connectivity index (χ0) is 24.9. The molecule has 1 fully saturated rings. The van der Waals surface area contributed by atoms with Gasteiger partial charge in [-0.3, -0.25) is 9.59 Å². The van der Waals surface area contributed by atoms with Gasteiger partial charge in [-0.1, -0.05) is 12.1 Å². The number of fused-ring (bicyclic) bond motifs is 1. The first-order chi connectivity index (χ1) is 16.8. The molecule has 3 aromatic rings. The van der Waals surface area contributed by atoms with Crippen molar-refractivity contribution in [3.05, 3.63) is 58.9 Å². The molecule has 35 heavy (non-hydrogen) atoms. The van der Waals surface area contributed by atoms with Gasteiger partial charge in [-0.2, -0.15) is 14.6 Å². The highest BCUT2D eigenvalue weighted by Crippen LogP contribution is 2.23. The third-order valence-electron chi connectivity index (χ3n) is 6.14. The van der Waals surface area contributed by atoms with E-state index in [2.05, 4.69) is 31.0 Å². The summed E-state index contributed by atoms with van der Waals surface area (Å²) in [6.07, 6.45) is 4.54. The number of aryl methyl sites for hydroxylation is 1. The van der Waals surface area contributed by atoms with Crippen molar-refractivity contribution in [1.82, 2.24) is 35.5 Å². The minimum Gasteiger partial charge on any atom is -0.352 e. The molecule has 1 aliphatic carbocycles. The number of amides is 4. The van der Waals surface area contributed by atoms with E-state index in [0.29, 0.717) is 12.1 Å². The van der Waals surface area contributed by atoms with Gasteiger partial charge >= 0.3 is 6.03 Å². The van der Waals surface area contributed by atoms with E-state index in [0.717, 1.165) is 31.2 Å². The lowest BCUT2D eigenvalue weighted by Crippen LogP contribution is -2.42. The number of hydrogen-bond acceptors (Lipinski definition) is 6. The minimum atomic E-state index is -0.524. The van der Waals surface area contributed by atoms with Gasteiger partial charge in [0.15, 0.2) is 0 Å². The molecule has 0 radical (unpaired) electrons. The second kappa shape index (κ2) is 10.5. The number of carbonyl (C=O) groups is 3. The quantitative estimate of drug-likeness (QED) is 0.399. The Morgan fingerprint density at radius 1 is 1.11 bits per heavy atom. The van der Waals surface area contributed by atoms with Crippen molar-refractivity contribution in [2.75, 3.05) is 6.54 Å². The Bertz CT molecular complexity index is 1250. The van der Waals surface area contributed by atoms with Gasteiger partial charge in [0, 0.05) is 25.2 Å². The van der Waals surface area contributed by atoms with E-state index >= 15 is 0 Å². The molecule has 1 aliphatic rings. The van der Waals surface area contributed by atoms with E-state index in [1.165, 1.54) is 23.0 Å². The molecule has 0 atom stereocenters. The SMILES string of the molecule is Cc1cc(CNC(=O)c2cc(C(=O)NC[C@H]3CC[C@H](NC(N)=O)CC3)n3ncnc3n2)ccc1F. The highest BCUT2D eigenvalue weighted by Gasteiger charge is 2.24. The highest BCUT2D eigenvalue weighted by atomic mass is 19.1. The highest BCUT2D eigenvalue weighted by molar-refractivity contribution is 5.98. The van der Waals surface area contributed by atoms with Crippen molar-refractivity contribution in [1.29, 1.82) is 0 Å². The number of rotatable bonds is 7. The van der Waals surface area contributed by atoms with Crippen molar-refractivity contribution >= 4 is 23.6 Å². The molecule has 0 bridgehead atoms. The summed E-state index contributed by atoms with van der Waals surface area (Å²) in [5, 5.41) is 12.4. The summed E-state index contributed by atoms with van der Waals surface area (Å²) in [5.41, 5.74) is 6.56. The normalized spacial score (nSPS) is 17.7. The molecule has 4 rings (SSSR count). The number of benzene rings is 1. The minimum absolute atomic E-state index is 0.0208. The van der Waals surface area contributed by atoms with E-state index in [1.54, 1.807) is 19.1 Å². The Kier molecular flexibility index (Phi) is 7.18. The van der Waals surface area contributed by atoms with Crippen LogP contribution in [0.15, 0.2) is 30.6 Å². The van der Waals surface area contributed by atoms with Crippen LogP contribution in [-0.4, -0.2) is 50.0 Å². The van der Waals surface area contributed by atoms with Crippen molar-refractivity contribution < 1.29 is 18.8 Å². The Morgan fingerprint density at radius 2 is 1.89 bits per heavy atom. The second-order valence-corrected chi connectivity index (χ2v) is 8.70. The van der Waals surface area contributed by atoms with Crippen molar-refractivity contribution in [2.24, 2.45) is 11.7 Å². The van der Waals surface area contributed by atoms with Gasteiger partial charge in [0.25, 0.3) is 17.6 Å². The standard InChI is InChI=1S/C23H27FN8O3/c1-13-8-15(4-7-17(13)24)11-26-20(33)18-9-19(32-23(31-18)28-12-29-32)21(34)27-10-14-2-5-16(6-3-14)30-22(25)35/h4,7-9,12,14,16H,2-3,5-6,10-11H2,1H3,(H,26,33)(H,27,34)(H3,25,30,35)/t14-,16-. The molecule has 1 aromatic carbocycles. The molecule has 11 nitrogen and oxygen atoms in total. The zero-order valence-electron chi connectivity index (χ0n) is 19.3. The monoisotopic (exact) mass is 482 g/mol. The molecule has 12 heteroatoms. The molecule has 1 saturated carbocycles. The van der Waals surface area contributed by atoms with Gasteiger partial charge in [-0.25, -0.2) is 14.2 Å². The van der Waals surface area contributed by atoms with Gasteiger partial charge in [-0.15, -0.1) is 0 Å². The molecule has 0 unspecified atom stereocenters. The van der Waals surface area contributed by atoms with Crippen LogP contribution in [0, 0.1) is 18.7 Å². The molecule has 184 valence electrons. The third-order valence-corrected chi connectivity index (χ3v) is 6.14. The average Bonchev–Trinajstić information content (AvgIpc) is 3.32. The number of nitrogens with two attached hydrogens (primary N) is 1. The molecule has 5 N–H and O–H groups in total. The number of nitrogens with zero attached hydrogens (tertiary/aromatic N) is 4. The number of hydrogen-bond donors (Lipinski definition) is 4. The lowest BCUT2D eigenvalue weighted by atomic mass is 9.86. The second-order valence-electron chi connectivity index (χ2n) is 8.70. The van der Waals surface area contributed by atoms with Crippen molar-refractivity contribution in [3.63, 3.8) is 0 Å². The number of aromatic nitrogens is 4. The van der Waals surface area contributed by atoms with Gasteiger partial charge < -0.3 is 21.7 Å². The first-order valence-corrected chi connectivity index (χ1v) is 11.4. The van der Waals surface area contributed by atoms with Crippen LogP contribution < -0.4 is 21.7 Å². The third kappa shape index (κ3) is 5.89.